The molecule has 0 unspecified atom stereocenters. The highest BCUT2D eigenvalue weighted by molar-refractivity contribution is 6.14. The van der Waals surface area contributed by atoms with Crippen LogP contribution in [0.1, 0.15) is 79.5 Å². The lowest BCUT2D eigenvalue weighted by atomic mass is 9.73. The van der Waals surface area contributed by atoms with E-state index in [1.807, 2.05) is 0 Å². The highest BCUT2D eigenvalue weighted by atomic mass is 15.2. The van der Waals surface area contributed by atoms with Crippen molar-refractivity contribution in [1.82, 2.24) is 0 Å². The molecule has 3 heterocycles. The molecule has 0 saturated carbocycles. The zero-order chi connectivity index (χ0) is 39.4. The van der Waals surface area contributed by atoms with Gasteiger partial charge in [0.2, 0.25) is 0 Å². The molecule has 7 aromatic carbocycles. The van der Waals surface area contributed by atoms with Crippen molar-refractivity contribution in [2.24, 2.45) is 4.99 Å². The SMILES string of the molecule is CC1(C)c2ccccc2N(c2cc(/C3=C/C(c4ccccc4)=N/C(c4ccccc4)=C\CC3)cc(N3c4ccccc4C(C)(C)c4ccccc43)c2)c2ccccc21. The van der Waals surface area contributed by atoms with Crippen LogP contribution in [0.5, 0.6) is 0 Å². The van der Waals surface area contributed by atoms with Crippen molar-refractivity contribution in [3.8, 4) is 0 Å². The lowest BCUT2D eigenvalue weighted by molar-refractivity contribution is 0.631. The lowest BCUT2D eigenvalue weighted by Gasteiger charge is -2.43. The number of rotatable bonds is 5. The standard InChI is InChI=1S/C55H47N3/c1-54(2)44-25-11-15-30-50(44)57(51-31-16-12-26-45(51)54)42-34-41(35-43(37-42)58-52-32-17-13-27-46(52)55(3,4)47-28-14-18-33-53(47)58)40-24-19-29-48(38-20-7-5-8-21-38)56-49(36-40)39-22-9-6-10-23-39/h5-18,20-23,25-37H,19,24H2,1-4H3/b40-36+,48-29-,56-49-. The molecule has 3 nitrogen and oxygen atoms in total. The van der Waals surface area contributed by atoms with Gasteiger partial charge in [-0.05, 0) is 100 Å². The van der Waals surface area contributed by atoms with E-state index in [0.29, 0.717) is 0 Å². The molecule has 0 fully saturated rings. The summed E-state index contributed by atoms with van der Waals surface area (Å²) in [5, 5.41) is 0. The van der Waals surface area contributed by atoms with Crippen LogP contribution in [-0.4, -0.2) is 5.71 Å². The normalized spacial score (nSPS) is 19.0. The van der Waals surface area contributed by atoms with Crippen molar-refractivity contribution >= 4 is 51.1 Å². The first-order valence-corrected chi connectivity index (χ1v) is 20.5. The molecule has 0 aliphatic carbocycles. The van der Waals surface area contributed by atoms with Crippen molar-refractivity contribution < 1.29 is 0 Å². The Hall–Kier alpha value is -6.71. The fraction of sp³-hybridized carbons (Fsp3) is 0.145. The van der Waals surface area contributed by atoms with E-state index in [-0.39, 0.29) is 10.8 Å². The number of para-hydroxylation sites is 4. The maximum absolute atomic E-state index is 5.41. The third-order valence-corrected chi connectivity index (χ3v) is 12.5. The lowest BCUT2D eigenvalue weighted by Crippen LogP contribution is -2.31. The van der Waals surface area contributed by atoms with Gasteiger partial charge in [0, 0.05) is 27.8 Å². The molecule has 0 N–H and O–H groups in total. The molecule has 3 aliphatic rings. The van der Waals surface area contributed by atoms with Gasteiger partial charge in [-0.15, -0.1) is 0 Å². The molecular formula is C55H47N3. The summed E-state index contributed by atoms with van der Waals surface area (Å²) in [6, 6.07) is 64.2. The van der Waals surface area contributed by atoms with E-state index in [9.17, 15) is 0 Å². The van der Waals surface area contributed by atoms with Gasteiger partial charge in [0.1, 0.15) is 0 Å². The van der Waals surface area contributed by atoms with Gasteiger partial charge in [-0.25, -0.2) is 4.99 Å². The Morgan fingerprint density at radius 1 is 0.431 bits per heavy atom. The summed E-state index contributed by atoms with van der Waals surface area (Å²) in [5.74, 6) is 0. The van der Waals surface area contributed by atoms with Gasteiger partial charge in [0.15, 0.2) is 0 Å². The van der Waals surface area contributed by atoms with Crippen molar-refractivity contribution in [3.63, 3.8) is 0 Å². The topological polar surface area (TPSA) is 18.8 Å². The molecule has 0 spiro atoms. The van der Waals surface area contributed by atoms with Crippen molar-refractivity contribution in [1.29, 1.82) is 0 Å². The predicted molar refractivity (Wildman–Crippen MR) is 245 cm³/mol. The molecular weight excluding hydrogens is 703 g/mol. The van der Waals surface area contributed by atoms with E-state index in [4.69, 9.17) is 4.99 Å². The van der Waals surface area contributed by atoms with E-state index < -0.39 is 0 Å². The van der Waals surface area contributed by atoms with Crippen LogP contribution in [0, 0.1) is 0 Å². The molecule has 0 saturated heterocycles. The first kappa shape index (κ1) is 35.7. The summed E-state index contributed by atoms with van der Waals surface area (Å²) < 4.78 is 0. The Bertz CT molecular complexity index is 2560. The van der Waals surface area contributed by atoms with Gasteiger partial charge in [-0.3, -0.25) is 0 Å². The summed E-state index contributed by atoms with van der Waals surface area (Å²) >= 11 is 0. The fourth-order valence-corrected chi connectivity index (χ4v) is 9.52. The number of allylic oxidation sites excluding steroid dienone is 3. The summed E-state index contributed by atoms with van der Waals surface area (Å²) in [5.41, 5.74) is 18.7. The third-order valence-electron chi connectivity index (χ3n) is 12.5. The second-order valence-corrected chi connectivity index (χ2v) is 16.8. The average molecular weight is 750 g/mol. The maximum Gasteiger partial charge on any atom is 0.0712 e. The minimum Gasteiger partial charge on any atom is -0.310 e. The minimum absolute atomic E-state index is 0.160. The van der Waals surface area contributed by atoms with Crippen LogP contribution < -0.4 is 9.80 Å². The number of benzene rings is 7. The molecule has 10 rings (SSSR count). The second kappa shape index (κ2) is 14.0. The number of hydrogen-bond donors (Lipinski definition) is 0. The summed E-state index contributed by atoms with van der Waals surface area (Å²) in [6.07, 6.45) is 6.39. The Morgan fingerprint density at radius 2 is 0.828 bits per heavy atom. The molecule has 7 aromatic rings. The smallest absolute Gasteiger partial charge is 0.0712 e. The van der Waals surface area contributed by atoms with E-state index in [2.05, 4.69) is 226 Å². The summed E-state index contributed by atoms with van der Waals surface area (Å²) in [6.45, 7) is 9.42. The van der Waals surface area contributed by atoms with Crippen LogP contribution in [-0.2, 0) is 10.8 Å². The van der Waals surface area contributed by atoms with Crippen molar-refractivity contribution in [2.45, 2.75) is 51.4 Å². The van der Waals surface area contributed by atoms with Crippen molar-refractivity contribution in [2.75, 3.05) is 9.80 Å². The van der Waals surface area contributed by atoms with Crippen LogP contribution in [0.4, 0.5) is 34.1 Å². The quantitative estimate of drug-likeness (QED) is 0.174. The van der Waals surface area contributed by atoms with E-state index in [1.165, 1.54) is 56.1 Å². The molecule has 0 bridgehead atoms. The van der Waals surface area contributed by atoms with Crippen LogP contribution >= 0.6 is 0 Å². The molecule has 0 aromatic heterocycles. The van der Waals surface area contributed by atoms with Gasteiger partial charge in [-0.1, -0.05) is 167 Å². The Kier molecular flexibility index (Phi) is 8.64. The molecule has 58 heavy (non-hydrogen) atoms. The highest BCUT2D eigenvalue weighted by Crippen LogP contribution is 2.55. The van der Waals surface area contributed by atoms with Crippen LogP contribution in [0.25, 0.3) is 11.3 Å². The van der Waals surface area contributed by atoms with Gasteiger partial charge >= 0.3 is 0 Å². The molecule has 0 radical (unpaired) electrons. The zero-order valence-corrected chi connectivity index (χ0v) is 33.7. The first-order chi connectivity index (χ1) is 28.3. The third kappa shape index (κ3) is 5.92. The van der Waals surface area contributed by atoms with Gasteiger partial charge in [0.05, 0.1) is 34.2 Å². The molecule has 0 amide bonds. The summed E-state index contributed by atoms with van der Waals surface area (Å²) in [7, 11) is 0. The summed E-state index contributed by atoms with van der Waals surface area (Å²) in [4.78, 5) is 10.4. The van der Waals surface area contributed by atoms with Gasteiger partial charge in [-0.2, -0.15) is 0 Å². The Labute approximate surface area is 343 Å². The monoisotopic (exact) mass is 749 g/mol. The largest absolute Gasteiger partial charge is 0.310 e. The van der Waals surface area contributed by atoms with Gasteiger partial charge in [0.25, 0.3) is 0 Å². The molecule has 0 atom stereocenters. The molecule has 282 valence electrons. The van der Waals surface area contributed by atoms with Crippen LogP contribution in [0.15, 0.2) is 193 Å². The van der Waals surface area contributed by atoms with Crippen LogP contribution in [0.2, 0.25) is 0 Å². The number of fused-ring (bicyclic) bond motifs is 4. The number of nitrogens with zero attached hydrogens (tertiary/aromatic N) is 3. The van der Waals surface area contributed by atoms with E-state index in [1.54, 1.807) is 0 Å². The van der Waals surface area contributed by atoms with Crippen molar-refractivity contribution in [3.05, 3.63) is 227 Å². The van der Waals surface area contributed by atoms with Crippen LogP contribution in [0.3, 0.4) is 0 Å². The Balaban J connectivity index is 1.24. The number of anilines is 6. The highest BCUT2D eigenvalue weighted by Gasteiger charge is 2.39. The van der Waals surface area contributed by atoms with Gasteiger partial charge < -0.3 is 9.80 Å². The number of aliphatic imine (C=N–C) groups is 1. The predicted octanol–water partition coefficient (Wildman–Crippen LogP) is 14.6. The van der Waals surface area contributed by atoms with E-state index in [0.717, 1.165) is 46.8 Å². The second-order valence-electron chi connectivity index (χ2n) is 16.8. The zero-order valence-electron chi connectivity index (χ0n) is 33.7. The fourth-order valence-electron chi connectivity index (χ4n) is 9.52. The maximum atomic E-state index is 5.41. The first-order valence-electron chi connectivity index (χ1n) is 20.5. The Morgan fingerprint density at radius 3 is 1.28 bits per heavy atom. The van der Waals surface area contributed by atoms with E-state index >= 15 is 0 Å². The average Bonchev–Trinajstić information content (AvgIpc) is 3.25. The minimum atomic E-state index is -0.160. The molecule has 3 heteroatoms. The molecule has 3 aliphatic heterocycles. The number of hydrogen-bond acceptors (Lipinski definition) is 3.